The van der Waals surface area contributed by atoms with E-state index in [4.69, 9.17) is 4.74 Å². The molecule has 0 saturated carbocycles. The lowest BCUT2D eigenvalue weighted by Crippen LogP contribution is -2.22. The van der Waals surface area contributed by atoms with E-state index in [1.165, 1.54) is 19.1 Å². The van der Waals surface area contributed by atoms with E-state index in [0.717, 1.165) is 0 Å². The third-order valence-corrected chi connectivity index (χ3v) is 3.59. The van der Waals surface area contributed by atoms with Crippen LogP contribution in [0, 0.1) is 0 Å². The standard InChI is InChI=1S/C17H14BrNO5/c1-10(20)12-4-2-3-5-14(12)19-16(22)9-24-17(23)13-8-11(18)6-7-15(13)21/h2-8,21H,9H2,1H3,(H,19,22). The first-order valence-corrected chi connectivity index (χ1v) is 7.73. The van der Waals surface area contributed by atoms with Gasteiger partial charge in [0.1, 0.15) is 11.3 Å². The fourth-order valence-electron chi connectivity index (χ4n) is 1.97. The maximum Gasteiger partial charge on any atom is 0.342 e. The molecule has 0 unspecified atom stereocenters. The second kappa shape index (κ2) is 7.74. The monoisotopic (exact) mass is 391 g/mol. The molecular formula is C17H14BrNO5. The highest BCUT2D eigenvalue weighted by Gasteiger charge is 2.16. The summed E-state index contributed by atoms with van der Waals surface area (Å²) in [6.45, 7) is 0.845. The maximum atomic E-state index is 11.9. The Morgan fingerprint density at radius 1 is 1.12 bits per heavy atom. The second-order valence-corrected chi connectivity index (χ2v) is 5.80. The molecule has 6 nitrogen and oxygen atoms in total. The minimum absolute atomic E-state index is 0.0543. The zero-order chi connectivity index (χ0) is 17.7. The molecule has 0 aliphatic rings. The number of carbonyl (C=O) groups is 3. The van der Waals surface area contributed by atoms with Crippen molar-refractivity contribution in [2.75, 3.05) is 11.9 Å². The number of amides is 1. The molecule has 2 aromatic carbocycles. The lowest BCUT2D eigenvalue weighted by molar-refractivity contribution is -0.119. The molecule has 124 valence electrons. The topological polar surface area (TPSA) is 92.7 Å². The summed E-state index contributed by atoms with van der Waals surface area (Å²) in [4.78, 5) is 35.3. The number of phenolic OH excluding ortho intramolecular Hbond substituents is 1. The van der Waals surface area contributed by atoms with Gasteiger partial charge < -0.3 is 15.2 Å². The van der Waals surface area contributed by atoms with Crippen molar-refractivity contribution in [1.29, 1.82) is 0 Å². The predicted octanol–water partition coefficient (Wildman–Crippen LogP) is 3.15. The van der Waals surface area contributed by atoms with Gasteiger partial charge in [-0.2, -0.15) is 0 Å². The van der Waals surface area contributed by atoms with Gasteiger partial charge in [0, 0.05) is 10.0 Å². The highest BCUT2D eigenvalue weighted by atomic mass is 79.9. The highest BCUT2D eigenvalue weighted by Crippen LogP contribution is 2.22. The fourth-order valence-corrected chi connectivity index (χ4v) is 2.33. The number of Topliss-reactive ketones (excluding diaryl/α,β-unsaturated/α-hetero) is 1. The molecule has 2 N–H and O–H groups in total. The first kappa shape index (κ1) is 17.7. The molecule has 0 aliphatic heterocycles. The zero-order valence-electron chi connectivity index (χ0n) is 12.7. The number of benzene rings is 2. The Balaban J connectivity index is 2.00. The first-order chi connectivity index (χ1) is 11.4. The maximum absolute atomic E-state index is 11.9. The van der Waals surface area contributed by atoms with Crippen molar-refractivity contribution < 1.29 is 24.2 Å². The SMILES string of the molecule is CC(=O)c1ccccc1NC(=O)COC(=O)c1cc(Br)ccc1O. The van der Waals surface area contributed by atoms with Crippen molar-refractivity contribution in [3.8, 4) is 5.75 Å². The predicted molar refractivity (Wildman–Crippen MR) is 91.2 cm³/mol. The molecule has 0 fully saturated rings. The molecule has 7 heteroatoms. The molecule has 0 saturated heterocycles. The van der Waals surface area contributed by atoms with Crippen LogP contribution in [0.15, 0.2) is 46.9 Å². The minimum atomic E-state index is -0.830. The molecule has 0 radical (unpaired) electrons. The van der Waals surface area contributed by atoms with E-state index < -0.39 is 18.5 Å². The number of carbonyl (C=O) groups excluding carboxylic acids is 3. The summed E-state index contributed by atoms with van der Waals surface area (Å²) in [5, 5.41) is 12.2. The van der Waals surface area contributed by atoms with Crippen molar-refractivity contribution >= 4 is 39.3 Å². The Bertz CT molecular complexity index is 803. The number of hydrogen-bond donors (Lipinski definition) is 2. The minimum Gasteiger partial charge on any atom is -0.507 e. The zero-order valence-corrected chi connectivity index (χ0v) is 14.3. The van der Waals surface area contributed by atoms with Crippen LogP contribution in [0.25, 0.3) is 0 Å². The Morgan fingerprint density at radius 2 is 1.83 bits per heavy atom. The van der Waals surface area contributed by atoms with E-state index in [1.807, 2.05) is 0 Å². The van der Waals surface area contributed by atoms with Crippen molar-refractivity contribution in [3.63, 3.8) is 0 Å². The van der Waals surface area contributed by atoms with Gasteiger partial charge in [0.25, 0.3) is 5.91 Å². The van der Waals surface area contributed by atoms with Gasteiger partial charge in [0.2, 0.25) is 0 Å². The number of anilines is 1. The third-order valence-electron chi connectivity index (χ3n) is 3.09. The molecule has 0 atom stereocenters. The van der Waals surface area contributed by atoms with Crippen LogP contribution in [-0.4, -0.2) is 29.4 Å². The summed E-state index contributed by atoms with van der Waals surface area (Å²) < 4.78 is 5.47. The molecule has 1 amide bonds. The summed E-state index contributed by atoms with van der Waals surface area (Å²) in [6, 6.07) is 10.8. The number of hydrogen-bond acceptors (Lipinski definition) is 5. The van der Waals surface area contributed by atoms with Crippen molar-refractivity contribution in [2.24, 2.45) is 0 Å². The number of ketones is 1. The van der Waals surface area contributed by atoms with Crippen LogP contribution in [0.5, 0.6) is 5.75 Å². The first-order valence-electron chi connectivity index (χ1n) is 6.94. The smallest absolute Gasteiger partial charge is 0.342 e. The van der Waals surface area contributed by atoms with Crippen molar-refractivity contribution in [1.82, 2.24) is 0 Å². The largest absolute Gasteiger partial charge is 0.507 e. The molecule has 0 aromatic heterocycles. The number of para-hydroxylation sites is 1. The van der Waals surface area contributed by atoms with E-state index in [2.05, 4.69) is 21.2 Å². The fraction of sp³-hybridized carbons (Fsp3) is 0.118. The van der Waals surface area contributed by atoms with Crippen LogP contribution >= 0.6 is 15.9 Å². The van der Waals surface area contributed by atoms with Crippen LogP contribution in [0.3, 0.4) is 0 Å². The molecule has 0 spiro atoms. The van der Waals surface area contributed by atoms with Crippen LogP contribution in [-0.2, 0) is 9.53 Å². The molecular weight excluding hydrogens is 378 g/mol. The molecule has 0 aliphatic carbocycles. The van der Waals surface area contributed by atoms with E-state index >= 15 is 0 Å². The summed E-state index contributed by atoms with van der Waals surface area (Å²) in [5.74, 6) is -1.86. The molecule has 2 rings (SSSR count). The lowest BCUT2D eigenvalue weighted by atomic mass is 10.1. The number of halogens is 1. The van der Waals surface area contributed by atoms with Gasteiger partial charge in [0.15, 0.2) is 12.4 Å². The summed E-state index contributed by atoms with van der Waals surface area (Å²) >= 11 is 3.18. The molecule has 0 heterocycles. The van der Waals surface area contributed by atoms with Gasteiger partial charge in [-0.15, -0.1) is 0 Å². The van der Waals surface area contributed by atoms with Crippen LogP contribution in [0.2, 0.25) is 0 Å². The lowest BCUT2D eigenvalue weighted by Gasteiger charge is -2.10. The van der Waals surface area contributed by atoms with Gasteiger partial charge in [-0.3, -0.25) is 9.59 Å². The summed E-state index contributed by atoms with van der Waals surface area (Å²) in [5.41, 5.74) is 0.652. The van der Waals surface area contributed by atoms with Crippen molar-refractivity contribution in [3.05, 3.63) is 58.1 Å². The quantitative estimate of drug-likeness (QED) is 0.603. The number of rotatable bonds is 5. The average molecular weight is 392 g/mol. The Morgan fingerprint density at radius 3 is 2.54 bits per heavy atom. The number of nitrogens with one attached hydrogen (secondary N) is 1. The highest BCUT2D eigenvalue weighted by molar-refractivity contribution is 9.10. The Labute approximate surface area is 146 Å². The average Bonchev–Trinajstić information content (AvgIpc) is 2.55. The number of ether oxygens (including phenoxy) is 1. The van der Waals surface area contributed by atoms with E-state index in [0.29, 0.717) is 15.7 Å². The third kappa shape index (κ3) is 4.42. The Hall–Kier alpha value is -2.67. The van der Waals surface area contributed by atoms with Gasteiger partial charge >= 0.3 is 5.97 Å². The number of aromatic hydroxyl groups is 1. The van der Waals surface area contributed by atoms with Crippen LogP contribution in [0.4, 0.5) is 5.69 Å². The van der Waals surface area contributed by atoms with Crippen LogP contribution in [0.1, 0.15) is 27.6 Å². The molecule has 0 bridgehead atoms. The van der Waals surface area contributed by atoms with Crippen LogP contribution < -0.4 is 5.32 Å². The van der Waals surface area contributed by atoms with E-state index in [-0.39, 0.29) is 17.1 Å². The summed E-state index contributed by atoms with van der Waals surface area (Å²) in [7, 11) is 0. The van der Waals surface area contributed by atoms with Gasteiger partial charge in [-0.05, 0) is 37.3 Å². The van der Waals surface area contributed by atoms with Gasteiger partial charge in [0.05, 0.1) is 5.69 Å². The van der Waals surface area contributed by atoms with E-state index in [9.17, 15) is 19.5 Å². The number of esters is 1. The van der Waals surface area contributed by atoms with Gasteiger partial charge in [-0.25, -0.2) is 4.79 Å². The van der Waals surface area contributed by atoms with Crippen molar-refractivity contribution in [2.45, 2.75) is 6.92 Å². The molecule has 2 aromatic rings. The van der Waals surface area contributed by atoms with Gasteiger partial charge in [-0.1, -0.05) is 28.1 Å². The normalized spacial score (nSPS) is 10.1. The number of phenols is 1. The molecule has 24 heavy (non-hydrogen) atoms. The Kier molecular flexibility index (Phi) is 5.70. The second-order valence-electron chi connectivity index (χ2n) is 4.89. The summed E-state index contributed by atoms with van der Waals surface area (Å²) in [6.07, 6.45) is 0. The van der Waals surface area contributed by atoms with E-state index in [1.54, 1.807) is 30.3 Å².